The predicted octanol–water partition coefficient (Wildman–Crippen LogP) is 1.30. The summed E-state index contributed by atoms with van der Waals surface area (Å²) in [4.78, 5) is 22.6. The number of unbranched alkanes of at least 4 members (excludes halogenated alkanes) is 5. The van der Waals surface area contributed by atoms with E-state index in [0.29, 0.717) is 6.61 Å². The lowest BCUT2D eigenvalue weighted by molar-refractivity contribution is -0.305. The molecule has 8 nitrogen and oxygen atoms in total. The molecule has 152 valence electrons. The molecule has 0 amide bonds. The smallest absolute Gasteiger partial charge is 0.303 e. The van der Waals surface area contributed by atoms with Gasteiger partial charge < -0.3 is 29.2 Å². The number of carbonyl (C=O) groups excluding carboxylic acids is 2. The topological polar surface area (TPSA) is 112 Å². The molecule has 5 atom stereocenters. The molecule has 0 radical (unpaired) electrons. The Kier molecular flexibility index (Phi) is 10.7. The van der Waals surface area contributed by atoms with Gasteiger partial charge in [0.15, 0.2) is 18.5 Å². The van der Waals surface area contributed by atoms with Gasteiger partial charge >= 0.3 is 11.9 Å². The Hall–Kier alpha value is -1.22. The van der Waals surface area contributed by atoms with E-state index in [1.165, 1.54) is 33.1 Å². The fraction of sp³-hybridized carbons (Fsp3) is 0.889. The first-order chi connectivity index (χ1) is 12.4. The highest BCUT2D eigenvalue weighted by atomic mass is 16.7. The van der Waals surface area contributed by atoms with Crippen LogP contribution in [0.25, 0.3) is 0 Å². The molecule has 0 aromatic rings. The van der Waals surface area contributed by atoms with Crippen molar-refractivity contribution in [1.29, 1.82) is 0 Å². The minimum Gasteiger partial charge on any atom is -0.457 e. The SMILES string of the molecule is CCCCCCCCO[C@H]1O[C@H](CO)[C@@H](OC(C)=O)[C@H](O)[C@@H]1OC(C)=O. The first-order valence-electron chi connectivity index (χ1n) is 9.31. The second kappa shape index (κ2) is 12.2. The zero-order chi connectivity index (χ0) is 19.5. The number of hydrogen-bond acceptors (Lipinski definition) is 8. The Morgan fingerprint density at radius 2 is 1.54 bits per heavy atom. The molecule has 0 spiro atoms. The van der Waals surface area contributed by atoms with Crippen LogP contribution in [0.15, 0.2) is 0 Å². The average Bonchev–Trinajstić information content (AvgIpc) is 2.58. The summed E-state index contributed by atoms with van der Waals surface area (Å²) in [7, 11) is 0. The summed E-state index contributed by atoms with van der Waals surface area (Å²) < 4.78 is 21.4. The van der Waals surface area contributed by atoms with Crippen LogP contribution in [0.2, 0.25) is 0 Å². The maximum absolute atomic E-state index is 11.4. The third-order valence-electron chi connectivity index (χ3n) is 4.18. The van der Waals surface area contributed by atoms with Crippen LogP contribution in [-0.2, 0) is 28.5 Å². The molecular formula is C18H32O8. The van der Waals surface area contributed by atoms with E-state index in [9.17, 15) is 19.8 Å². The molecule has 8 heteroatoms. The zero-order valence-corrected chi connectivity index (χ0v) is 15.9. The van der Waals surface area contributed by atoms with Crippen molar-refractivity contribution < 1.29 is 38.7 Å². The Balaban J connectivity index is 2.63. The average molecular weight is 376 g/mol. The van der Waals surface area contributed by atoms with Crippen molar-refractivity contribution >= 4 is 11.9 Å². The van der Waals surface area contributed by atoms with Gasteiger partial charge in [-0.2, -0.15) is 0 Å². The quantitative estimate of drug-likeness (QED) is 0.410. The highest BCUT2D eigenvalue weighted by Gasteiger charge is 2.49. The normalized spacial score (nSPS) is 28.6. The summed E-state index contributed by atoms with van der Waals surface area (Å²) in [5.74, 6) is -1.25. The van der Waals surface area contributed by atoms with Crippen LogP contribution in [0, 0.1) is 0 Å². The Morgan fingerprint density at radius 1 is 0.962 bits per heavy atom. The second-order valence-electron chi connectivity index (χ2n) is 6.50. The Morgan fingerprint density at radius 3 is 2.12 bits per heavy atom. The summed E-state index contributed by atoms with van der Waals surface area (Å²) >= 11 is 0. The highest BCUT2D eigenvalue weighted by molar-refractivity contribution is 5.67. The van der Waals surface area contributed by atoms with E-state index >= 15 is 0 Å². The summed E-state index contributed by atoms with van der Waals surface area (Å²) in [5, 5.41) is 20.0. The van der Waals surface area contributed by atoms with Crippen molar-refractivity contribution in [3.63, 3.8) is 0 Å². The summed E-state index contributed by atoms with van der Waals surface area (Å²) in [6.45, 7) is 4.45. The molecule has 0 aromatic carbocycles. The molecule has 1 saturated heterocycles. The van der Waals surface area contributed by atoms with Crippen molar-refractivity contribution in [3.8, 4) is 0 Å². The molecule has 1 rings (SSSR count). The molecule has 0 aliphatic carbocycles. The van der Waals surface area contributed by atoms with Gasteiger partial charge in [-0.15, -0.1) is 0 Å². The number of ether oxygens (including phenoxy) is 4. The molecule has 0 bridgehead atoms. The van der Waals surface area contributed by atoms with Gasteiger partial charge in [-0.3, -0.25) is 9.59 Å². The minimum atomic E-state index is -1.36. The van der Waals surface area contributed by atoms with E-state index in [4.69, 9.17) is 18.9 Å². The number of hydrogen-bond donors (Lipinski definition) is 2. The molecule has 1 aliphatic rings. The predicted molar refractivity (Wildman–Crippen MR) is 92.2 cm³/mol. The first-order valence-corrected chi connectivity index (χ1v) is 9.31. The van der Waals surface area contributed by atoms with Crippen LogP contribution >= 0.6 is 0 Å². The standard InChI is InChI=1S/C18H32O8/c1-4-5-6-7-8-9-10-23-18-17(25-13(3)21)15(22)16(24-12(2)20)14(11-19)26-18/h14-19,22H,4-11H2,1-3H3/t14-,15+,16-,17+,18+/m1/s1. The molecule has 26 heavy (non-hydrogen) atoms. The molecule has 0 saturated carbocycles. The third kappa shape index (κ3) is 7.57. The van der Waals surface area contributed by atoms with E-state index in [-0.39, 0.29) is 0 Å². The molecule has 1 aliphatic heterocycles. The van der Waals surface area contributed by atoms with Crippen LogP contribution in [0.3, 0.4) is 0 Å². The van der Waals surface area contributed by atoms with Crippen LogP contribution in [0.5, 0.6) is 0 Å². The lowest BCUT2D eigenvalue weighted by Gasteiger charge is -2.42. The second-order valence-corrected chi connectivity index (χ2v) is 6.50. The van der Waals surface area contributed by atoms with Gasteiger partial charge in [-0.25, -0.2) is 0 Å². The van der Waals surface area contributed by atoms with Gasteiger partial charge in [0.1, 0.15) is 12.2 Å². The van der Waals surface area contributed by atoms with Crippen molar-refractivity contribution in [2.75, 3.05) is 13.2 Å². The number of aliphatic hydroxyl groups is 2. The Labute approximate surface area is 154 Å². The zero-order valence-electron chi connectivity index (χ0n) is 15.9. The van der Waals surface area contributed by atoms with Crippen LogP contribution in [0.1, 0.15) is 59.3 Å². The molecule has 0 aromatic heterocycles. The third-order valence-corrected chi connectivity index (χ3v) is 4.18. The lowest BCUT2D eigenvalue weighted by Crippen LogP contribution is -2.61. The van der Waals surface area contributed by atoms with E-state index in [1.807, 2.05) is 0 Å². The maximum atomic E-state index is 11.4. The highest BCUT2D eigenvalue weighted by Crippen LogP contribution is 2.27. The van der Waals surface area contributed by atoms with E-state index in [0.717, 1.165) is 19.3 Å². The minimum absolute atomic E-state index is 0.373. The van der Waals surface area contributed by atoms with Crippen molar-refractivity contribution in [3.05, 3.63) is 0 Å². The van der Waals surface area contributed by atoms with Crippen LogP contribution in [0.4, 0.5) is 0 Å². The van der Waals surface area contributed by atoms with Crippen molar-refractivity contribution in [2.45, 2.75) is 90.0 Å². The number of rotatable bonds is 11. The van der Waals surface area contributed by atoms with Gasteiger partial charge in [0.2, 0.25) is 0 Å². The van der Waals surface area contributed by atoms with Crippen molar-refractivity contribution in [1.82, 2.24) is 0 Å². The van der Waals surface area contributed by atoms with E-state index < -0.39 is 49.3 Å². The van der Waals surface area contributed by atoms with E-state index in [1.54, 1.807) is 0 Å². The fourth-order valence-electron chi connectivity index (χ4n) is 2.91. The van der Waals surface area contributed by atoms with Gasteiger partial charge in [0.05, 0.1) is 6.61 Å². The molecular weight excluding hydrogens is 344 g/mol. The van der Waals surface area contributed by atoms with Crippen LogP contribution in [-0.4, -0.2) is 66.1 Å². The Bertz CT molecular complexity index is 427. The molecule has 2 N–H and O–H groups in total. The van der Waals surface area contributed by atoms with Gasteiger partial charge in [-0.1, -0.05) is 39.0 Å². The van der Waals surface area contributed by atoms with Crippen molar-refractivity contribution in [2.24, 2.45) is 0 Å². The molecule has 1 fully saturated rings. The van der Waals surface area contributed by atoms with Gasteiger partial charge in [0.25, 0.3) is 0 Å². The van der Waals surface area contributed by atoms with E-state index in [2.05, 4.69) is 6.92 Å². The molecule has 1 heterocycles. The van der Waals surface area contributed by atoms with Crippen LogP contribution < -0.4 is 0 Å². The molecule has 0 unspecified atom stereocenters. The fourth-order valence-corrected chi connectivity index (χ4v) is 2.91. The summed E-state index contributed by atoms with van der Waals surface area (Å²) in [6, 6.07) is 0. The summed E-state index contributed by atoms with van der Waals surface area (Å²) in [6.07, 6.45) is 0.872. The van der Waals surface area contributed by atoms with Gasteiger partial charge in [0, 0.05) is 20.5 Å². The number of carbonyl (C=O) groups is 2. The first kappa shape index (κ1) is 22.8. The number of aliphatic hydroxyl groups excluding tert-OH is 2. The number of esters is 2. The monoisotopic (exact) mass is 376 g/mol. The summed E-state index contributed by atoms with van der Waals surface area (Å²) in [5.41, 5.74) is 0. The lowest BCUT2D eigenvalue weighted by atomic mass is 9.98. The van der Waals surface area contributed by atoms with Gasteiger partial charge in [-0.05, 0) is 6.42 Å². The largest absolute Gasteiger partial charge is 0.457 e. The maximum Gasteiger partial charge on any atom is 0.303 e.